The number of benzene rings is 1. The molecule has 3 heteroatoms. The zero-order valence-corrected chi connectivity index (χ0v) is 12.6. The van der Waals surface area contributed by atoms with Crippen LogP contribution in [0.3, 0.4) is 0 Å². The molecule has 2 heterocycles. The van der Waals surface area contributed by atoms with Gasteiger partial charge in [0.15, 0.2) is 0 Å². The highest BCUT2D eigenvalue weighted by Crippen LogP contribution is 2.38. The lowest BCUT2D eigenvalue weighted by Gasteiger charge is -2.24. The van der Waals surface area contributed by atoms with Crippen LogP contribution >= 0.6 is 11.8 Å². The fraction of sp³-hybridized carbons (Fsp3) is 0.353. The van der Waals surface area contributed by atoms with E-state index in [0.29, 0.717) is 6.04 Å². The van der Waals surface area contributed by atoms with E-state index in [0.717, 1.165) is 11.6 Å². The van der Waals surface area contributed by atoms with E-state index in [2.05, 4.69) is 59.3 Å². The summed E-state index contributed by atoms with van der Waals surface area (Å²) in [7, 11) is 0. The van der Waals surface area contributed by atoms with E-state index in [1.54, 1.807) is 11.8 Å². The largest absolute Gasteiger partial charge is 0.297 e. The SMILES string of the molecule is CCN1CCCC1c1cccnc1Sc1ccccc1. The van der Waals surface area contributed by atoms with Crippen LogP contribution in [0.1, 0.15) is 31.4 Å². The van der Waals surface area contributed by atoms with Crippen LogP contribution in [0, 0.1) is 0 Å². The summed E-state index contributed by atoms with van der Waals surface area (Å²) in [5.41, 5.74) is 1.39. The van der Waals surface area contributed by atoms with E-state index in [9.17, 15) is 0 Å². The molecule has 0 aliphatic carbocycles. The third-order valence-electron chi connectivity index (χ3n) is 3.89. The molecule has 0 saturated carbocycles. The second kappa shape index (κ2) is 6.42. The summed E-state index contributed by atoms with van der Waals surface area (Å²) < 4.78 is 0. The van der Waals surface area contributed by atoms with Crippen molar-refractivity contribution in [3.63, 3.8) is 0 Å². The molecule has 2 nitrogen and oxygen atoms in total. The van der Waals surface area contributed by atoms with Crippen LogP contribution in [0.2, 0.25) is 0 Å². The van der Waals surface area contributed by atoms with E-state index in [4.69, 9.17) is 0 Å². The molecular formula is C17H20N2S. The summed E-state index contributed by atoms with van der Waals surface area (Å²) in [6, 6.07) is 15.4. The quantitative estimate of drug-likeness (QED) is 0.828. The molecule has 1 aliphatic heterocycles. The first-order chi connectivity index (χ1) is 9.88. The maximum atomic E-state index is 4.62. The van der Waals surface area contributed by atoms with Gasteiger partial charge in [-0.25, -0.2) is 4.98 Å². The number of hydrogen-bond acceptors (Lipinski definition) is 3. The number of pyridine rings is 1. The molecule has 1 unspecified atom stereocenters. The Hall–Kier alpha value is -1.32. The Morgan fingerprint density at radius 2 is 2.05 bits per heavy atom. The zero-order valence-electron chi connectivity index (χ0n) is 11.8. The molecule has 1 atom stereocenters. The Morgan fingerprint density at radius 1 is 1.20 bits per heavy atom. The summed E-state index contributed by atoms with van der Waals surface area (Å²) in [5.74, 6) is 0. The van der Waals surface area contributed by atoms with Crippen LogP contribution in [-0.4, -0.2) is 23.0 Å². The molecule has 2 aromatic rings. The molecule has 0 amide bonds. The van der Waals surface area contributed by atoms with E-state index < -0.39 is 0 Å². The first kappa shape index (κ1) is 13.7. The number of aromatic nitrogens is 1. The van der Waals surface area contributed by atoms with Gasteiger partial charge in [0.25, 0.3) is 0 Å². The van der Waals surface area contributed by atoms with Crippen molar-refractivity contribution in [3.05, 3.63) is 54.2 Å². The zero-order chi connectivity index (χ0) is 13.8. The van der Waals surface area contributed by atoms with Gasteiger partial charge in [0.05, 0.1) is 0 Å². The van der Waals surface area contributed by atoms with Gasteiger partial charge in [0.2, 0.25) is 0 Å². The summed E-state index contributed by atoms with van der Waals surface area (Å²) in [6.07, 6.45) is 4.45. The Morgan fingerprint density at radius 3 is 2.85 bits per heavy atom. The van der Waals surface area contributed by atoms with Gasteiger partial charge in [0, 0.05) is 22.7 Å². The van der Waals surface area contributed by atoms with Crippen LogP contribution < -0.4 is 0 Å². The van der Waals surface area contributed by atoms with Gasteiger partial charge in [0.1, 0.15) is 5.03 Å². The Labute approximate surface area is 125 Å². The standard InChI is InChI=1S/C17H20N2S/c1-2-19-13-7-11-16(19)15-10-6-12-18-17(15)20-14-8-4-3-5-9-14/h3-6,8-10,12,16H,2,7,11,13H2,1H3. The highest BCUT2D eigenvalue weighted by atomic mass is 32.2. The van der Waals surface area contributed by atoms with E-state index >= 15 is 0 Å². The van der Waals surface area contributed by atoms with Crippen molar-refractivity contribution in [1.29, 1.82) is 0 Å². The number of hydrogen-bond donors (Lipinski definition) is 0. The third kappa shape index (κ3) is 2.89. The first-order valence-corrected chi connectivity index (χ1v) is 8.12. The van der Waals surface area contributed by atoms with Crippen molar-refractivity contribution in [3.8, 4) is 0 Å². The smallest absolute Gasteiger partial charge is 0.105 e. The number of likely N-dealkylation sites (tertiary alicyclic amines) is 1. The monoisotopic (exact) mass is 284 g/mol. The Bertz CT molecular complexity index is 556. The van der Waals surface area contributed by atoms with Gasteiger partial charge in [-0.2, -0.15) is 0 Å². The van der Waals surface area contributed by atoms with Gasteiger partial charge >= 0.3 is 0 Å². The van der Waals surface area contributed by atoms with Crippen molar-refractivity contribution in [2.45, 2.75) is 35.7 Å². The van der Waals surface area contributed by atoms with Crippen molar-refractivity contribution in [1.82, 2.24) is 9.88 Å². The fourth-order valence-electron chi connectivity index (χ4n) is 2.90. The molecule has 0 bridgehead atoms. The maximum Gasteiger partial charge on any atom is 0.105 e. The molecule has 1 aliphatic rings. The minimum Gasteiger partial charge on any atom is -0.297 e. The van der Waals surface area contributed by atoms with Crippen molar-refractivity contribution >= 4 is 11.8 Å². The molecule has 20 heavy (non-hydrogen) atoms. The second-order valence-electron chi connectivity index (χ2n) is 5.10. The summed E-state index contributed by atoms with van der Waals surface area (Å²) in [5, 5.41) is 1.16. The van der Waals surface area contributed by atoms with Gasteiger partial charge < -0.3 is 0 Å². The topological polar surface area (TPSA) is 16.1 Å². The van der Waals surface area contributed by atoms with Gasteiger partial charge in [-0.05, 0) is 44.1 Å². The average molecular weight is 284 g/mol. The van der Waals surface area contributed by atoms with Crippen LogP contribution in [0.5, 0.6) is 0 Å². The fourth-order valence-corrected chi connectivity index (χ4v) is 3.85. The molecule has 1 saturated heterocycles. The first-order valence-electron chi connectivity index (χ1n) is 7.30. The van der Waals surface area contributed by atoms with Crippen LogP contribution in [0.25, 0.3) is 0 Å². The molecule has 0 spiro atoms. The molecule has 1 aromatic carbocycles. The normalized spacial score (nSPS) is 19.4. The Kier molecular flexibility index (Phi) is 4.38. The predicted molar refractivity (Wildman–Crippen MR) is 84.0 cm³/mol. The highest BCUT2D eigenvalue weighted by molar-refractivity contribution is 7.99. The minimum atomic E-state index is 0.542. The lowest BCUT2D eigenvalue weighted by atomic mass is 10.1. The van der Waals surface area contributed by atoms with Crippen molar-refractivity contribution in [2.75, 3.05) is 13.1 Å². The van der Waals surface area contributed by atoms with Crippen molar-refractivity contribution in [2.24, 2.45) is 0 Å². The Balaban J connectivity index is 1.88. The van der Waals surface area contributed by atoms with E-state index in [1.807, 2.05) is 6.20 Å². The third-order valence-corrected chi connectivity index (χ3v) is 4.93. The van der Waals surface area contributed by atoms with Crippen LogP contribution in [-0.2, 0) is 0 Å². The second-order valence-corrected chi connectivity index (χ2v) is 6.16. The van der Waals surface area contributed by atoms with Crippen molar-refractivity contribution < 1.29 is 0 Å². The van der Waals surface area contributed by atoms with Gasteiger partial charge in [-0.3, -0.25) is 4.90 Å². The molecule has 0 radical (unpaired) electrons. The van der Waals surface area contributed by atoms with E-state index in [1.165, 1.54) is 29.8 Å². The summed E-state index contributed by atoms with van der Waals surface area (Å²) >= 11 is 1.78. The molecular weight excluding hydrogens is 264 g/mol. The van der Waals surface area contributed by atoms with Crippen LogP contribution in [0.4, 0.5) is 0 Å². The van der Waals surface area contributed by atoms with E-state index in [-0.39, 0.29) is 0 Å². The summed E-state index contributed by atoms with van der Waals surface area (Å²) in [6.45, 7) is 4.58. The molecule has 1 fully saturated rings. The molecule has 0 N–H and O–H groups in total. The average Bonchev–Trinajstić information content (AvgIpc) is 2.97. The van der Waals surface area contributed by atoms with Gasteiger partial charge in [-0.15, -0.1) is 0 Å². The minimum absolute atomic E-state index is 0.542. The van der Waals surface area contributed by atoms with Crippen LogP contribution in [0.15, 0.2) is 58.6 Å². The predicted octanol–water partition coefficient (Wildman–Crippen LogP) is 4.39. The molecule has 104 valence electrons. The number of rotatable bonds is 4. The lowest BCUT2D eigenvalue weighted by Crippen LogP contribution is -2.23. The molecule has 1 aromatic heterocycles. The maximum absolute atomic E-state index is 4.62. The lowest BCUT2D eigenvalue weighted by molar-refractivity contribution is 0.268. The molecule has 3 rings (SSSR count). The van der Waals surface area contributed by atoms with Gasteiger partial charge in [-0.1, -0.05) is 43.0 Å². The number of nitrogens with zero attached hydrogens (tertiary/aromatic N) is 2. The summed E-state index contributed by atoms with van der Waals surface area (Å²) in [4.78, 5) is 8.44. The highest BCUT2D eigenvalue weighted by Gasteiger charge is 2.26.